The molecule has 0 bridgehead atoms. The van der Waals surface area contributed by atoms with Gasteiger partial charge in [0.2, 0.25) is 0 Å². The van der Waals surface area contributed by atoms with Crippen molar-refractivity contribution in [3.63, 3.8) is 0 Å². The summed E-state index contributed by atoms with van der Waals surface area (Å²) in [5.41, 5.74) is 9.25. The maximum Gasteiger partial charge on any atom is 0.267 e. The Morgan fingerprint density at radius 2 is 1.69 bits per heavy atom. The third kappa shape index (κ3) is 5.30. The minimum Gasteiger partial charge on any atom is -0.357 e. The molecule has 2 heterocycles. The molecule has 1 fully saturated rings. The van der Waals surface area contributed by atoms with E-state index in [1.807, 2.05) is 30.5 Å². The summed E-state index contributed by atoms with van der Waals surface area (Å²) in [7, 11) is 0. The molecule has 1 aromatic heterocycles. The van der Waals surface area contributed by atoms with Gasteiger partial charge < -0.3 is 16.0 Å². The Balaban J connectivity index is 1.66. The van der Waals surface area contributed by atoms with Gasteiger partial charge in [-0.05, 0) is 42.7 Å². The van der Waals surface area contributed by atoms with E-state index in [1.54, 1.807) is 12.1 Å². The van der Waals surface area contributed by atoms with Gasteiger partial charge in [-0.3, -0.25) is 14.8 Å². The first kappa shape index (κ1) is 20.8. The monoisotopic (exact) mass is 397 g/mol. The molecule has 8 nitrogen and oxygen atoms in total. The van der Waals surface area contributed by atoms with Crippen LogP contribution >= 0.6 is 0 Å². The number of aromatic nitrogens is 1. The number of nitrogens with zero attached hydrogens (tertiary/aromatic N) is 2. The van der Waals surface area contributed by atoms with Crippen molar-refractivity contribution in [1.29, 1.82) is 0 Å². The van der Waals surface area contributed by atoms with Gasteiger partial charge in [-0.1, -0.05) is 25.0 Å². The van der Waals surface area contributed by atoms with Crippen molar-refractivity contribution in [2.75, 3.05) is 24.5 Å². The van der Waals surface area contributed by atoms with Gasteiger partial charge in [0.1, 0.15) is 11.9 Å². The van der Waals surface area contributed by atoms with Crippen LogP contribution in [0.2, 0.25) is 0 Å². The number of benzene rings is 1. The molecule has 154 valence electrons. The highest BCUT2D eigenvalue weighted by atomic mass is 16.5. The first-order valence-electron chi connectivity index (χ1n) is 9.88. The summed E-state index contributed by atoms with van der Waals surface area (Å²) < 4.78 is 0. The molecule has 3 rings (SSSR count). The maximum absolute atomic E-state index is 12.3. The molecule has 0 saturated carbocycles. The van der Waals surface area contributed by atoms with Crippen molar-refractivity contribution in [2.24, 2.45) is 5.73 Å². The molecule has 1 aliphatic rings. The third-order valence-corrected chi connectivity index (χ3v) is 5.13. The number of anilines is 1. The molecule has 2 aromatic rings. The molecule has 1 aliphatic heterocycles. The van der Waals surface area contributed by atoms with Crippen LogP contribution in [0.5, 0.6) is 0 Å². The Hall–Kier alpha value is -2.97. The molecule has 0 spiro atoms. The summed E-state index contributed by atoms with van der Waals surface area (Å²) in [6.07, 6.45) is 6.83. The normalized spacial score (nSPS) is 15.3. The molecular weight excluding hydrogens is 370 g/mol. The number of nitrogens with one attached hydrogen (secondary N) is 2. The van der Waals surface area contributed by atoms with Gasteiger partial charge in [-0.25, -0.2) is 10.5 Å². The predicted octanol–water partition coefficient (Wildman–Crippen LogP) is 1.69. The van der Waals surface area contributed by atoms with E-state index in [2.05, 4.69) is 15.2 Å². The average molecular weight is 397 g/mol. The number of rotatable bonds is 6. The lowest BCUT2D eigenvalue weighted by atomic mass is 10.0. The van der Waals surface area contributed by atoms with Gasteiger partial charge in [0, 0.05) is 37.0 Å². The van der Waals surface area contributed by atoms with Gasteiger partial charge in [0.25, 0.3) is 11.8 Å². The number of hydroxylamine groups is 1. The highest BCUT2D eigenvalue weighted by Crippen LogP contribution is 2.23. The second kappa shape index (κ2) is 9.99. The minimum atomic E-state index is -0.997. The van der Waals surface area contributed by atoms with E-state index in [9.17, 15) is 9.59 Å². The second-order valence-electron chi connectivity index (χ2n) is 7.12. The summed E-state index contributed by atoms with van der Waals surface area (Å²) in [5.74, 6) is -0.195. The van der Waals surface area contributed by atoms with E-state index in [0.29, 0.717) is 5.56 Å². The van der Waals surface area contributed by atoms with Crippen LogP contribution in [0.4, 0.5) is 5.82 Å². The lowest BCUT2D eigenvalue weighted by Gasteiger charge is -2.21. The fourth-order valence-electron chi connectivity index (χ4n) is 3.41. The first-order chi connectivity index (χ1) is 14.1. The summed E-state index contributed by atoms with van der Waals surface area (Å²) in [6, 6.07) is 10.1. The van der Waals surface area contributed by atoms with E-state index in [-0.39, 0.29) is 6.54 Å². The van der Waals surface area contributed by atoms with Gasteiger partial charge in [-0.2, -0.15) is 0 Å². The molecule has 5 N–H and O–H groups in total. The van der Waals surface area contributed by atoms with Crippen LogP contribution in [0.25, 0.3) is 11.1 Å². The summed E-state index contributed by atoms with van der Waals surface area (Å²) in [4.78, 5) is 30.7. The summed E-state index contributed by atoms with van der Waals surface area (Å²) in [5, 5.41) is 11.2. The molecule has 29 heavy (non-hydrogen) atoms. The molecule has 1 aromatic carbocycles. The van der Waals surface area contributed by atoms with Gasteiger partial charge >= 0.3 is 0 Å². The van der Waals surface area contributed by atoms with Crippen LogP contribution in [-0.4, -0.2) is 47.7 Å². The zero-order valence-electron chi connectivity index (χ0n) is 16.3. The molecule has 1 atom stereocenters. The van der Waals surface area contributed by atoms with Crippen LogP contribution in [-0.2, 0) is 4.79 Å². The van der Waals surface area contributed by atoms with E-state index in [4.69, 9.17) is 10.9 Å². The molecular formula is C21H27N5O3. The molecule has 2 amide bonds. The van der Waals surface area contributed by atoms with Crippen molar-refractivity contribution < 1.29 is 14.8 Å². The topological polar surface area (TPSA) is 121 Å². The van der Waals surface area contributed by atoms with E-state index in [0.717, 1.165) is 30.0 Å². The second-order valence-corrected chi connectivity index (χ2v) is 7.12. The summed E-state index contributed by atoms with van der Waals surface area (Å²) in [6.45, 7) is 1.98. The number of hydrogen-bond donors (Lipinski definition) is 4. The highest BCUT2D eigenvalue weighted by molar-refractivity contribution is 5.97. The highest BCUT2D eigenvalue weighted by Gasteiger charge is 2.19. The number of pyridine rings is 1. The zero-order chi connectivity index (χ0) is 20.6. The van der Waals surface area contributed by atoms with Crippen LogP contribution < -0.4 is 21.4 Å². The number of nitrogens with two attached hydrogens (primary N) is 1. The van der Waals surface area contributed by atoms with Gasteiger partial charge in [-0.15, -0.1) is 0 Å². The Morgan fingerprint density at radius 3 is 2.24 bits per heavy atom. The molecule has 8 heteroatoms. The van der Waals surface area contributed by atoms with Crippen LogP contribution in [0.1, 0.15) is 36.0 Å². The molecule has 0 radical (unpaired) electrons. The number of carbonyl (C=O) groups excluding carboxylic acids is 2. The van der Waals surface area contributed by atoms with Crippen molar-refractivity contribution in [2.45, 2.75) is 31.7 Å². The SMILES string of the molecule is NC[C@H](NC(=O)c1ccc(-c2ccc(N3CCCCCC3)nc2)cc1)C(=O)NO. The van der Waals surface area contributed by atoms with Crippen LogP contribution in [0.3, 0.4) is 0 Å². The van der Waals surface area contributed by atoms with Crippen molar-refractivity contribution in [1.82, 2.24) is 15.8 Å². The van der Waals surface area contributed by atoms with Crippen molar-refractivity contribution in [3.8, 4) is 11.1 Å². The van der Waals surface area contributed by atoms with Crippen LogP contribution in [0.15, 0.2) is 42.6 Å². The molecule has 0 aliphatic carbocycles. The van der Waals surface area contributed by atoms with Crippen molar-refractivity contribution >= 4 is 17.6 Å². The first-order valence-corrected chi connectivity index (χ1v) is 9.88. The number of amides is 2. The summed E-state index contributed by atoms with van der Waals surface area (Å²) >= 11 is 0. The quantitative estimate of drug-likeness (QED) is 0.435. The van der Waals surface area contributed by atoms with E-state index in [1.165, 1.54) is 31.2 Å². The fourth-order valence-corrected chi connectivity index (χ4v) is 3.41. The molecule has 0 unspecified atom stereocenters. The standard InChI is InChI=1S/C21H27N5O3/c22-13-18(21(28)25-29)24-20(27)16-7-5-15(6-8-16)17-9-10-19(23-14-17)26-11-3-1-2-4-12-26/h5-10,14,18,29H,1-4,11-13,22H2,(H,24,27)(H,25,28)/t18-/m0/s1. The van der Waals surface area contributed by atoms with Crippen molar-refractivity contribution in [3.05, 3.63) is 48.2 Å². The number of carbonyl (C=O) groups is 2. The average Bonchev–Trinajstić information content (AvgIpc) is 3.06. The Morgan fingerprint density at radius 1 is 1.03 bits per heavy atom. The lowest BCUT2D eigenvalue weighted by molar-refractivity contribution is -0.130. The predicted molar refractivity (Wildman–Crippen MR) is 111 cm³/mol. The number of hydrogen-bond acceptors (Lipinski definition) is 6. The fraction of sp³-hybridized carbons (Fsp3) is 0.381. The maximum atomic E-state index is 12.3. The van der Waals surface area contributed by atoms with Gasteiger partial charge in [0.05, 0.1) is 0 Å². The smallest absolute Gasteiger partial charge is 0.267 e. The van der Waals surface area contributed by atoms with Crippen LogP contribution in [0, 0.1) is 0 Å². The largest absolute Gasteiger partial charge is 0.357 e. The van der Waals surface area contributed by atoms with E-state index >= 15 is 0 Å². The Labute approximate surface area is 170 Å². The zero-order valence-corrected chi connectivity index (χ0v) is 16.3. The Kier molecular flexibility index (Phi) is 7.15. The van der Waals surface area contributed by atoms with E-state index < -0.39 is 17.9 Å². The lowest BCUT2D eigenvalue weighted by Crippen LogP contribution is -2.50. The molecule has 1 saturated heterocycles. The minimum absolute atomic E-state index is 0.120. The third-order valence-electron chi connectivity index (χ3n) is 5.13. The Bertz CT molecular complexity index is 815. The van der Waals surface area contributed by atoms with Gasteiger partial charge in [0.15, 0.2) is 0 Å².